The van der Waals surface area contributed by atoms with Gasteiger partial charge in [-0.25, -0.2) is 4.98 Å². The maximum absolute atomic E-state index is 13.0. The summed E-state index contributed by atoms with van der Waals surface area (Å²) in [5.41, 5.74) is 2.37. The zero-order valence-electron chi connectivity index (χ0n) is 13.7. The molecule has 122 valence electrons. The lowest BCUT2D eigenvalue weighted by Gasteiger charge is -2.43. The topological polar surface area (TPSA) is 60.2 Å². The molecule has 1 aliphatic heterocycles. The zero-order chi connectivity index (χ0) is 16.0. The van der Waals surface area contributed by atoms with E-state index in [0.29, 0.717) is 18.7 Å². The summed E-state index contributed by atoms with van der Waals surface area (Å²) in [4.78, 5) is 19.5. The van der Waals surface area contributed by atoms with E-state index in [1.54, 1.807) is 10.9 Å². The summed E-state index contributed by atoms with van der Waals surface area (Å²) in [6.45, 7) is 3.25. The molecule has 2 aliphatic rings. The predicted octanol–water partition coefficient (Wildman–Crippen LogP) is 2.06. The summed E-state index contributed by atoms with van der Waals surface area (Å²) in [6.07, 6.45) is 6.36. The van der Waals surface area contributed by atoms with Gasteiger partial charge < -0.3 is 9.64 Å². The van der Waals surface area contributed by atoms with Gasteiger partial charge in [-0.2, -0.15) is 5.10 Å². The highest BCUT2D eigenvalue weighted by Gasteiger charge is 2.37. The predicted molar refractivity (Wildman–Crippen MR) is 86.3 cm³/mol. The van der Waals surface area contributed by atoms with Crippen molar-refractivity contribution in [2.24, 2.45) is 7.05 Å². The van der Waals surface area contributed by atoms with Crippen LogP contribution in [0.25, 0.3) is 11.0 Å². The van der Waals surface area contributed by atoms with E-state index in [0.717, 1.165) is 29.6 Å². The van der Waals surface area contributed by atoms with E-state index >= 15 is 0 Å². The second kappa shape index (κ2) is 5.60. The van der Waals surface area contributed by atoms with E-state index < -0.39 is 0 Å². The third kappa shape index (κ3) is 2.41. The Morgan fingerprint density at radius 3 is 3.04 bits per heavy atom. The summed E-state index contributed by atoms with van der Waals surface area (Å²) in [5.74, 6) is 0.0721. The number of carbonyl (C=O) groups excluding carboxylic acids is 1. The van der Waals surface area contributed by atoms with Gasteiger partial charge >= 0.3 is 0 Å². The van der Waals surface area contributed by atoms with Crippen molar-refractivity contribution in [3.05, 3.63) is 23.5 Å². The quantitative estimate of drug-likeness (QED) is 0.808. The Morgan fingerprint density at radius 1 is 1.35 bits per heavy atom. The van der Waals surface area contributed by atoms with Crippen molar-refractivity contribution in [1.82, 2.24) is 19.7 Å². The Bertz CT molecular complexity index is 752. The molecule has 23 heavy (non-hydrogen) atoms. The summed E-state index contributed by atoms with van der Waals surface area (Å²) in [6, 6.07) is 2.15. The summed E-state index contributed by atoms with van der Waals surface area (Å²) < 4.78 is 7.62. The Kier molecular flexibility index (Phi) is 3.56. The van der Waals surface area contributed by atoms with E-state index in [9.17, 15) is 4.79 Å². The van der Waals surface area contributed by atoms with Gasteiger partial charge in [0.1, 0.15) is 0 Å². The Balaban J connectivity index is 1.66. The fraction of sp³-hybridized carbons (Fsp3) is 0.588. The standard InChI is InChI=1S/C17H22N4O2/c1-11-13-9-12(10-18-16(13)20(2)19-11)17(22)21-7-8-23-15-6-4-3-5-14(15)21/h9-10,14-15H,3-8H2,1-2H3. The van der Waals surface area contributed by atoms with Gasteiger partial charge in [0, 0.05) is 25.2 Å². The number of aromatic nitrogens is 3. The number of pyridine rings is 1. The average Bonchev–Trinajstić information content (AvgIpc) is 2.87. The molecule has 1 saturated carbocycles. The van der Waals surface area contributed by atoms with Crippen LogP contribution < -0.4 is 0 Å². The highest BCUT2D eigenvalue weighted by molar-refractivity contribution is 5.97. The summed E-state index contributed by atoms with van der Waals surface area (Å²) >= 11 is 0. The molecule has 2 aromatic rings. The van der Waals surface area contributed by atoms with Crippen LogP contribution in [-0.4, -0.2) is 50.9 Å². The molecule has 1 saturated heterocycles. The van der Waals surface area contributed by atoms with Gasteiger partial charge in [-0.1, -0.05) is 12.8 Å². The van der Waals surface area contributed by atoms with Crippen LogP contribution in [0, 0.1) is 6.92 Å². The van der Waals surface area contributed by atoms with Crippen molar-refractivity contribution in [2.45, 2.75) is 44.8 Å². The number of ether oxygens (including phenoxy) is 1. The minimum absolute atomic E-state index is 0.0721. The minimum atomic E-state index is 0.0721. The van der Waals surface area contributed by atoms with E-state index in [4.69, 9.17) is 4.74 Å². The van der Waals surface area contributed by atoms with Crippen LogP contribution in [0.15, 0.2) is 12.3 Å². The first-order valence-corrected chi connectivity index (χ1v) is 8.37. The molecule has 0 N–H and O–H groups in total. The van der Waals surface area contributed by atoms with Crippen molar-refractivity contribution in [3.8, 4) is 0 Å². The van der Waals surface area contributed by atoms with Crippen LogP contribution in [0.4, 0.5) is 0 Å². The molecule has 0 bridgehead atoms. The van der Waals surface area contributed by atoms with E-state index in [1.807, 2.05) is 24.9 Å². The van der Waals surface area contributed by atoms with E-state index in [-0.39, 0.29) is 18.1 Å². The zero-order valence-corrected chi connectivity index (χ0v) is 13.7. The number of rotatable bonds is 1. The smallest absolute Gasteiger partial charge is 0.255 e. The number of nitrogens with zero attached hydrogens (tertiary/aromatic N) is 4. The highest BCUT2D eigenvalue weighted by Crippen LogP contribution is 2.29. The molecule has 1 amide bonds. The molecule has 2 unspecified atom stereocenters. The SMILES string of the molecule is Cc1nn(C)c2ncc(C(=O)N3CCOC4CCCCC43)cc12. The normalized spacial score (nSPS) is 24.7. The first kappa shape index (κ1) is 14.6. The maximum Gasteiger partial charge on any atom is 0.255 e. The highest BCUT2D eigenvalue weighted by atomic mass is 16.5. The van der Waals surface area contributed by atoms with Crippen LogP contribution >= 0.6 is 0 Å². The van der Waals surface area contributed by atoms with Crippen LogP contribution in [-0.2, 0) is 11.8 Å². The van der Waals surface area contributed by atoms with Crippen LogP contribution in [0.2, 0.25) is 0 Å². The number of carbonyl (C=O) groups is 1. The van der Waals surface area contributed by atoms with Gasteiger partial charge in [0.2, 0.25) is 0 Å². The van der Waals surface area contributed by atoms with Crippen molar-refractivity contribution in [3.63, 3.8) is 0 Å². The lowest BCUT2D eigenvalue weighted by molar-refractivity contribution is -0.0752. The summed E-state index contributed by atoms with van der Waals surface area (Å²) in [7, 11) is 1.87. The lowest BCUT2D eigenvalue weighted by Crippen LogP contribution is -2.54. The molecule has 0 radical (unpaired) electrons. The second-order valence-corrected chi connectivity index (χ2v) is 6.56. The first-order chi connectivity index (χ1) is 11.1. The van der Waals surface area contributed by atoms with Gasteiger partial charge in [0.15, 0.2) is 5.65 Å². The molecular formula is C17H22N4O2. The van der Waals surface area contributed by atoms with Crippen molar-refractivity contribution < 1.29 is 9.53 Å². The van der Waals surface area contributed by atoms with Gasteiger partial charge in [-0.05, 0) is 25.8 Å². The lowest BCUT2D eigenvalue weighted by atomic mass is 9.90. The molecule has 6 heteroatoms. The number of morpholine rings is 1. The number of aryl methyl sites for hydroxylation is 2. The van der Waals surface area contributed by atoms with Crippen molar-refractivity contribution in [1.29, 1.82) is 0 Å². The van der Waals surface area contributed by atoms with Crippen LogP contribution in [0.1, 0.15) is 41.7 Å². The largest absolute Gasteiger partial charge is 0.374 e. The third-order valence-corrected chi connectivity index (χ3v) is 5.10. The first-order valence-electron chi connectivity index (χ1n) is 8.37. The van der Waals surface area contributed by atoms with Gasteiger partial charge in [-0.15, -0.1) is 0 Å². The number of fused-ring (bicyclic) bond motifs is 2. The van der Waals surface area contributed by atoms with E-state index in [2.05, 4.69) is 10.1 Å². The maximum atomic E-state index is 13.0. The number of hydrogen-bond acceptors (Lipinski definition) is 4. The fourth-order valence-corrected chi connectivity index (χ4v) is 3.94. The monoisotopic (exact) mass is 314 g/mol. The summed E-state index contributed by atoms with van der Waals surface area (Å²) in [5, 5.41) is 5.33. The average molecular weight is 314 g/mol. The molecular weight excluding hydrogens is 292 g/mol. The Morgan fingerprint density at radius 2 is 2.17 bits per heavy atom. The molecule has 2 aromatic heterocycles. The molecule has 3 heterocycles. The molecule has 2 atom stereocenters. The Labute approximate surface area is 135 Å². The third-order valence-electron chi connectivity index (χ3n) is 5.10. The van der Waals surface area contributed by atoms with Gasteiger partial charge in [0.05, 0.1) is 30.0 Å². The second-order valence-electron chi connectivity index (χ2n) is 6.56. The molecule has 1 aliphatic carbocycles. The molecule has 2 fully saturated rings. The van der Waals surface area contributed by atoms with E-state index in [1.165, 1.54) is 12.8 Å². The fourth-order valence-electron chi connectivity index (χ4n) is 3.94. The number of hydrogen-bond donors (Lipinski definition) is 0. The van der Waals surface area contributed by atoms with Gasteiger partial charge in [-0.3, -0.25) is 9.48 Å². The minimum Gasteiger partial charge on any atom is -0.374 e. The number of amides is 1. The molecule has 0 spiro atoms. The Hall–Kier alpha value is -1.95. The molecule has 6 nitrogen and oxygen atoms in total. The van der Waals surface area contributed by atoms with Crippen molar-refractivity contribution >= 4 is 16.9 Å². The van der Waals surface area contributed by atoms with Crippen LogP contribution in [0.5, 0.6) is 0 Å². The van der Waals surface area contributed by atoms with Crippen molar-refractivity contribution in [2.75, 3.05) is 13.2 Å². The molecule has 0 aromatic carbocycles. The van der Waals surface area contributed by atoms with Crippen LogP contribution in [0.3, 0.4) is 0 Å². The van der Waals surface area contributed by atoms with Gasteiger partial charge in [0.25, 0.3) is 5.91 Å². The molecule has 4 rings (SSSR count).